The molecule has 1 fully saturated rings. The van der Waals surface area contributed by atoms with Gasteiger partial charge in [0.15, 0.2) is 5.78 Å². The molecule has 0 bridgehead atoms. The van der Waals surface area contributed by atoms with E-state index in [2.05, 4.69) is 6.92 Å². The first kappa shape index (κ1) is 15.9. The van der Waals surface area contributed by atoms with Crippen LogP contribution in [0.15, 0.2) is 47.2 Å². The molecule has 3 atom stereocenters. The third-order valence-corrected chi connectivity index (χ3v) is 4.90. The second-order valence-electron chi connectivity index (χ2n) is 6.72. The maximum absolute atomic E-state index is 13.0. The SMILES string of the molecule is CCOC(=O)C1=C2OCC(C)CC2C2Oc3ccccc3C(=O)C2=C1. The Morgan fingerprint density at radius 3 is 2.92 bits per heavy atom. The van der Waals surface area contributed by atoms with Crippen LogP contribution in [0.2, 0.25) is 0 Å². The van der Waals surface area contributed by atoms with Gasteiger partial charge in [-0.25, -0.2) is 4.79 Å². The number of rotatable bonds is 2. The van der Waals surface area contributed by atoms with E-state index in [-0.39, 0.29) is 18.3 Å². The maximum Gasteiger partial charge on any atom is 0.341 e. The highest BCUT2D eigenvalue weighted by molar-refractivity contribution is 6.13. The molecule has 0 aromatic heterocycles. The Morgan fingerprint density at radius 2 is 2.12 bits per heavy atom. The molecular formula is C20H20O5. The quantitative estimate of drug-likeness (QED) is 0.774. The standard InChI is InChI=1S/C20H20O5/c1-3-23-20(22)15-9-13-17(21)12-6-4-5-7-16(12)25-19(13)14-8-11(2)10-24-18(14)15/h4-7,9,11,14,19H,3,8,10H2,1-2H3. The summed E-state index contributed by atoms with van der Waals surface area (Å²) in [5.41, 5.74) is 1.39. The van der Waals surface area contributed by atoms with Crippen LogP contribution in [0.5, 0.6) is 5.75 Å². The van der Waals surface area contributed by atoms with Crippen LogP contribution in [-0.4, -0.2) is 31.1 Å². The molecule has 1 aromatic rings. The minimum Gasteiger partial charge on any atom is -0.496 e. The molecule has 25 heavy (non-hydrogen) atoms. The Hall–Kier alpha value is -2.56. The van der Waals surface area contributed by atoms with Crippen LogP contribution < -0.4 is 4.74 Å². The maximum atomic E-state index is 13.0. The molecule has 130 valence electrons. The Kier molecular flexibility index (Phi) is 3.86. The predicted molar refractivity (Wildman–Crippen MR) is 90.2 cm³/mol. The third kappa shape index (κ3) is 2.54. The zero-order valence-electron chi connectivity index (χ0n) is 14.3. The molecule has 3 unspecified atom stereocenters. The molecule has 0 spiro atoms. The smallest absolute Gasteiger partial charge is 0.341 e. The molecule has 5 heteroatoms. The lowest BCUT2D eigenvalue weighted by molar-refractivity contribution is -0.138. The average molecular weight is 340 g/mol. The minimum atomic E-state index is -0.449. The van der Waals surface area contributed by atoms with Gasteiger partial charge in [-0.2, -0.15) is 0 Å². The van der Waals surface area contributed by atoms with Gasteiger partial charge >= 0.3 is 5.97 Å². The zero-order valence-corrected chi connectivity index (χ0v) is 14.3. The van der Waals surface area contributed by atoms with E-state index in [0.717, 1.165) is 6.42 Å². The lowest BCUT2D eigenvalue weighted by Gasteiger charge is -2.41. The number of para-hydroxylation sites is 1. The number of ketones is 1. The van der Waals surface area contributed by atoms with Crippen molar-refractivity contribution in [3.8, 4) is 5.75 Å². The molecule has 1 aliphatic carbocycles. The number of carbonyl (C=O) groups excluding carboxylic acids is 2. The minimum absolute atomic E-state index is 0.0917. The van der Waals surface area contributed by atoms with E-state index in [1.54, 1.807) is 25.1 Å². The molecule has 1 saturated heterocycles. The van der Waals surface area contributed by atoms with Crippen molar-refractivity contribution in [3.05, 3.63) is 52.8 Å². The molecule has 2 heterocycles. The number of benzene rings is 1. The van der Waals surface area contributed by atoms with Gasteiger partial charge < -0.3 is 14.2 Å². The number of esters is 1. The largest absolute Gasteiger partial charge is 0.496 e. The van der Waals surface area contributed by atoms with Gasteiger partial charge in [0.1, 0.15) is 17.6 Å². The van der Waals surface area contributed by atoms with Crippen molar-refractivity contribution < 1.29 is 23.8 Å². The topological polar surface area (TPSA) is 61.8 Å². The number of hydrogen-bond acceptors (Lipinski definition) is 5. The summed E-state index contributed by atoms with van der Waals surface area (Å²) in [6.45, 7) is 4.68. The monoisotopic (exact) mass is 340 g/mol. The Labute approximate surface area is 146 Å². The van der Waals surface area contributed by atoms with Crippen molar-refractivity contribution in [1.29, 1.82) is 0 Å². The van der Waals surface area contributed by atoms with Crippen LogP contribution in [0, 0.1) is 11.8 Å². The van der Waals surface area contributed by atoms with Gasteiger partial charge in [0, 0.05) is 5.57 Å². The second-order valence-corrected chi connectivity index (χ2v) is 6.72. The summed E-state index contributed by atoms with van der Waals surface area (Å²) >= 11 is 0. The summed E-state index contributed by atoms with van der Waals surface area (Å²) in [5.74, 6) is 0.817. The van der Waals surface area contributed by atoms with E-state index in [9.17, 15) is 9.59 Å². The molecule has 2 aliphatic heterocycles. The lowest BCUT2D eigenvalue weighted by Crippen LogP contribution is -2.44. The number of ether oxygens (including phenoxy) is 3. The predicted octanol–water partition coefficient (Wildman–Crippen LogP) is 3.06. The molecule has 0 saturated carbocycles. The van der Waals surface area contributed by atoms with Crippen molar-refractivity contribution >= 4 is 11.8 Å². The van der Waals surface area contributed by atoms with Crippen molar-refractivity contribution in [2.45, 2.75) is 26.4 Å². The van der Waals surface area contributed by atoms with E-state index in [1.165, 1.54) is 0 Å². The van der Waals surface area contributed by atoms with Crippen molar-refractivity contribution in [1.82, 2.24) is 0 Å². The zero-order chi connectivity index (χ0) is 17.6. The fraction of sp³-hybridized carbons (Fsp3) is 0.400. The third-order valence-electron chi connectivity index (χ3n) is 4.90. The molecular weight excluding hydrogens is 320 g/mol. The fourth-order valence-corrected chi connectivity index (χ4v) is 3.77. The van der Waals surface area contributed by atoms with Crippen LogP contribution in [0.1, 0.15) is 30.6 Å². The Balaban J connectivity index is 1.83. The van der Waals surface area contributed by atoms with E-state index >= 15 is 0 Å². The molecule has 0 radical (unpaired) electrons. The Bertz CT molecular complexity index is 804. The molecule has 0 N–H and O–H groups in total. The van der Waals surface area contributed by atoms with Crippen molar-refractivity contribution in [2.24, 2.45) is 11.8 Å². The van der Waals surface area contributed by atoms with E-state index in [1.807, 2.05) is 12.1 Å². The van der Waals surface area contributed by atoms with Gasteiger partial charge in [0.05, 0.1) is 30.3 Å². The fourth-order valence-electron chi connectivity index (χ4n) is 3.77. The number of hydrogen-bond donors (Lipinski definition) is 0. The van der Waals surface area contributed by atoms with Gasteiger partial charge in [0.25, 0.3) is 0 Å². The van der Waals surface area contributed by atoms with Crippen molar-refractivity contribution in [3.63, 3.8) is 0 Å². The first-order valence-electron chi connectivity index (χ1n) is 8.66. The van der Waals surface area contributed by atoms with Gasteiger partial charge in [-0.15, -0.1) is 0 Å². The number of carbonyl (C=O) groups is 2. The highest BCUT2D eigenvalue weighted by atomic mass is 16.5. The van der Waals surface area contributed by atoms with Crippen LogP contribution in [0.25, 0.3) is 0 Å². The normalized spacial score (nSPS) is 27.2. The number of fused-ring (bicyclic) bond motifs is 4. The van der Waals surface area contributed by atoms with Crippen LogP contribution >= 0.6 is 0 Å². The van der Waals surface area contributed by atoms with Gasteiger partial charge in [-0.1, -0.05) is 19.1 Å². The van der Waals surface area contributed by atoms with E-state index in [4.69, 9.17) is 14.2 Å². The summed E-state index contributed by atoms with van der Waals surface area (Å²) in [5, 5.41) is 0. The van der Waals surface area contributed by atoms with Crippen LogP contribution in [0.4, 0.5) is 0 Å². The van der Waals surface area contributed by atoms with E-state index in [0.29, 0.717) is 40.7 Å². The summed E-state index contributed by atoms with van der Waals surface area (Å²) in [6.07, 6.45) is 1.98. The Morgan fingerprint density at radius 1 is 1.32 bits per heavy atom. The highest BCUT2D eigenvalue weighted by Crippen LogP contribution is 2.44. The summed E-state index contributed by atoms with van der Waals surface area (Å²) in [4.78, 5) is 25.4. The summed E-state index contributed by atoms with van der Waals surface area (Å²) in [6, 6.07) is 7.22. The summed E-state index contributed by atoms with van der Waals surface area (Å²) in [7, 11) is 0. The summed E-state index contributed by atoms with van der Waals surface area (Å²) < 4.78 is 17.2. The van der Waals surface area contributed by atoms with Gasteiger partial charge in [0.2, 0.25) is 0 Å². The van der Waals surface area contributed by atoms with E-state index < -0.39 is 12.1 Å². The molecule has 3 aliphatic rings. The lowest BCUT2D eigenvalue weighted by atomic mass is 9.76. The van der Waals surface area contributed by atoms with Gasteiger partial charge in [-0.3, -0.25) is 4.79 Å². The van der Waals surface area contributed by atoms with Crippen molar-refractivity contribution in [2.75, 3.05) is 13.2 Å². The first-order chi connectivity index (χ1) is 12.1. The van der Waals surface area contributed by atoms with Crippen LogP contribution in [0.3, 0.4) is 0 Å². The number of Topliss-reactive ketones (excluding diaryl/α,β-unsaturated/α-hetero) is 1. The second kappa shape index (κ2) is 6.06. The first-order valence-corrected chi connectivity index (χ1v) is 8.66. The highest BCUT2D eigenvalue weighted by Gasteiger charge is 2.46. The molecule has 4 rings (SSSR count). The van der Waals surface area contributed by atoms with Crippen LogP contribution in [-0.2, 0) is 14.3 Å². The molecule has 1 aromatic carbocycles. The molecule has 0 amide bonds. The molecule has 5 nitrogen and oxygen atoms in total. The average Bonchev–Trinajstić information content (AvgIpc) is 2.62. The van der Waals surface area contributed by atoms with Gasteiger partial charge in [-0.05, 0) is 37.5 Å².